The van der Waals surface area contributed by atoms with Gasteiger partial charge >= 0.3 is 0 Å². The lowest BCUT2D eigenvalue weighted by Gasteiger charge is -2.21. The molecule has 1 aromatic heterocycles. The van der Waals surface area contributed by atoms with Gasteiger partial charge in [0, 0.05) is 12.4 Å². The molecule has 1 saturated carbocycles. The van der Waals surface area contributed by atoms with Gasteiger partial charge in [0.25, 0.3) is 0 Å². The van der Waals surface area contributed by atoms with Gasteiger partial charge in [-0.05, 0) is 49.8 Å². The third-order valence-corrected chi connectivity index (χ3v) is 4.57. The zero-order chi connectivity index (χ0) is 13.2. The predicted octanol–water partition coefficient (Wildman–Crippen LogP) is 1.65. The van der Waals surface area contributed by atoms with Crippen LogP contribution >= 0.6 is 0 Å². The van der Waals surface area contributed by atoms with Crippen molar-refractivity contribution in [3.63, 3.8) is 0 Å². The summed E-state index contributed by atoms with van der Waals surface area (Å²) in [4.78, 5) is 16.5. The van der Waals surface area contributed by atoms with E-state index in [9.17, 15) is 4.79 Å². The van der Waals surface area contributed by atoms with Gasteiger partial charge in [0.1, 0.15) is 0 Å². The van der Waals surface area contributed by atoms with Crippen LogP contribution in [0.5, 0.6) is 0 Å². The molecule has 4 unspecified atom stereocenters. The van der Waals surface area contributed by atoms with Gasteiger partial charge in [-0.15, -0.1) is 0 Å². The molecule has 2 N–H and O–H groups in total. The number of carbonyl (C=O) groups excluding carboxylic acids is 1. The molecule has 4 nitrogen and oxygen atoms in total. The van der Waals surface area contributed by atoms with Crippen LogP contribution in [0.15, 0.2) is 24.5 Å². The summed E-state index contributed by atoms with van der Waals surface area (Å²) >= 11 is 0. The second-order valence-electron chi connectivity index (χ2n) is 5.76. The number of carbonyl (C=O) groups is 1. The van der Waals surface area contributed by atoms with E-state index >= 15 is 0 Å². The van der Waals surface area contributed by atoms with E-state index in [1.165, 1.54) is 19.3 Å². The van der Waals surface area contributed by atoms with E-state index in [4.69, 9.17) is 0 Å². The normalized spacial score (nSPS) is 30.9. The largest absolute Gasteiger partial charge is 0.348 e. The Morgan fingerprint density at radius 1 is 1.53 bits per heavy atom. The number of fused-ring (bicyclic) bond motifs is 1. The van der Waals surface area contributed by atoms with Crippen LogP contribution in [0.3, 0.4) is 0 Å². The van der Waals surface area contributed by atoms with Gasteiger partial charge < -0.3 is 10.6 Å². The minimum absolute atomic E-state index is 0.00613. The average Bonchev–Trinajstić information content (AvgIpc) is 3.01. The van der Waals surface area contributed by atoms with Crippen LogP contribution in [0.4, 0.5) is 0 Å². The van der Waals surface area contributed by atoms with Crippen LogP contribution in [0.25, 0.3) is 0 Å². The molecule has 0 aromatic carbocycles. The lowest BCUT2D eigenvalue weighted by Crippen LogP contribution is -2.44. The molecular formula is C15H21N3O. The summed E-state index contributed by atoms with van der Waals surface area (Å²) in [6.45, 7) is 3.01. The first kappa shape index (κ1) is 12.6. The van der Waals surface area contributed by atoms with Crippen molar-refractivity contribution in [3.8, 4) is 0 Å². The van der Waals surface area contributed by atoms with E-state index in [-0.39, 0.29) is 18.0 Å². The van der Waals surface area contributed by atoms with Crippen molar-refractivity contribution >= 4 is 5.91 Å². The highest BCUT2D eigenvalue weighted by molar-refractivity contribution is 5.83. The minimum Gasteiger partial charge on any atom is -0.348 e. The Morgan fingerprint density at radius 3 is 3.21 bits per heavy atom. The van der Waals surface area contributed by atoms with Crippen LogP contribution in [0.2, 0.25) is 0 Å². The summed E-state index contributed by atoms with van der Waals surface area (Å²) in [5.74, 6) is 1.40. The molecule has 0 radical (unpaired) electrons. The number of aromatic nitrogens is 1. The molecule has 1 aromatic rings. The second kappa shape index (κ2) is 5.29. The van der Waals surface area contributed by atoms with Crippen LogP contribution in [0.1, 0.15) is 37.8 Å². The maximum atomic E-state index is 12.4. The lowest BCUT2D eigenvalue weighted by atomic mass is 9.93. The first-order valence-electron chi connectivity index (χ1n) is 7.19. The van der Waals surface area contributed by atoms with E-state index in [2.05, 4.69) is 15.6 Å². The molecule has 19 heavy (non-hydrogen) atoms. The SMILES string of the molecule is CC(NC(=O)C1NCC2CCCC21)c1cccnc1. The van der Waals surface area contributed by atoms with Crippen molar-refractivity contribution in [2.75, 3.05) is 6.54 Å². The zero-order valence-electron chi connectivity index (χ0n) is 11.3. The summed E-state index contributed by atoms with van der Waals surface area (Å²) in [7, 11) is 0. The fraction of sp³-hybridized carbons (Fsp3) is 0.600. The summed E-state index contributed by atoms with van der Waals surface area (Å²) in [6.07, 6.45) is 7.31. The van der Waals surface area contributed by atoms with Crippen molar-refractivity contribution in [1.82, 2.24) is 15.6 Å². The smallest absolute Gasteiger partial charge is 0.237 e. The lowest BCUT2D eigenvalue weighted by molar-refractivity contribution is -0.124. The predicted molar refractivity (Wildman–Crippen MR) is 73.4 cm³/mol. The van der Waals surface area contributed by atoms with Crippen molar-refractivity contribution in [1.29, 1.82) is 0 Å². The number of rotatable bonds is 3. The maximum Gasteiger partial charge on any atom is 0.237 e. The van der Waals surface area contributed by atoms with Crippen molar-refractivity contribution in [2.45, 2.75) is 38.3 Å². The highest BCUT2D eigenvalue weighted by atomic mass is 16.2. The quantitative estimate of drug-likeness (QED) is 0.868. The first-order chi connectivity index (χ1) is 9.25. The van der Waals surface area contributed by atoms with E-state index in [0.717, 1.165) is 12.1 Å². The second-order valence-corrected chi connectivity index (χ2v) is 5.76. The van der Waals surface area contributed by atoms with Crippen molar-refractivity contribution in [2.24, 2.45) is 11.8 Å². The average molecular weight is 259 g/mol. The van der Waals surface area contributed by atoms with Gasteiger partial charge in [-0.2, -0.15) is 0 Å². The number of nitrogens with one attached hydrogen (secondary N) is 2. The summed E-state index contributed by atoms with van der Waals surface area (Å²) in [5, 5.41) is 6.50. The first-order valence-corrected chi connectivity index (χ1v) is 7.19. The topological polar surface area (TPSA) is 54.0 Å². The van der Waals surface area contributed by atoms with Gasteiger partial charge in [0.15, 0.2) is 0 Å². The molecule has 2 fully saturated rings. The molecule has 4 heteroatoms. The van der Waals surface area contributed by atoms with Gasteiger partial charge in [-0.25, -0.2) is 0 Å². The van der Waals surface area contributed by atoms with Crippen LogP contribution in [-0.2, 0) is 4.79 Å². The molecule has 3 rings (SSSR count). The Balaban J connectivity index is 1.62. The fourth-order valence-electron chi connectivity index (χ4n) is 3.49. The molecule has 1 saturated heterocycles. The van der Waals surface area contributed by atoms with Gasteiger partial charge in [0.05, 0.1) is 12.1 Å². The van der Waals surface area contributed by atoms with Gasteiger partial charge in [0.2, 0.25) is 5.91 Å². The standard InChI is InChI=1S/C15H21N3O/c1-10(11-5-3-7-16-8-11)18-15(19)14-13-6-2-4-12(13)9-17-14/h3,5,7-8,10,12-14,17H,2,4,6,9H2,1H3,(H,18,19). The van der Waals surface area contributed by atoms with Crippen molar-refractivity contribution in [3.05, 3.63) is 30.1 Å². The molecular weight excluding hydrogens is 238 g/mol. The number of hydrogen-bond acceptors (Lipinski definition) is 3. The third-order valence-electron chi connectivity index (χ3n) is 4.57. The Hall–Kier alpha value is -1.42. The molecule has 1 aliphatic heterocycles. The minimum atomic E-state index is 0.00613. The Kier molecular flexibility index (Phi) is 3.51. The molecule has 102 valence electrons. The Bertz CT molecular complexity index is 448. The zero-order valence-corrected chi connectivity index (χ0v) is 11.3. The summed E-state index contributed by atoms with van der Waals surface area (Å²) in [5.41, 5.74) is 1.05. The van der Waals surface area contributed by atoms with E-state index in [1.54, 1.807) is 6.20 Å². The maximum absolute atomic E-state index is 12.4. The highest BCUT2D eigenvalue weighted by Crippen LogP contribution is 2.37. The molecule has 1 amide bonds. The number of nitrogens with zero attached hydrogens (tertiary/aromatic N) is 1. The third kappa shape index (κ3) is 2.50. The van der Waals surface area contributed by atoms with E-state index in [1.807, 2.05) is 25.3 Å². The van der Waals surface area contributed by atoms with E-state index in [0.29, 0.717) is 11.8 Å². The number of pyridine rings is 1. The highest BCUT2D eigenvalue weighted by Gasteiger charge is 2.42. The van der Waals surface area contributed by atoms with E-state index < -0.39 is 0 Å². The molecule has 1 aliphatic carbocycles. The number of hydrogen-bond donors (Lipinski definition) is 2. The fourth-order valence-corrected chi connectivity index (χ4v) is 3.49. The van der Waals surface area contributed by atoms with Gasteiger partial charge in [-0.1, -0.05) is 12.5 Å². The van der Waals surface area contributed by atoms with Crippen LogP contribution < -0.4 is 10.6 Å². The molecule has 0 spiro atoms. The van der Waals surface area contributed by atoms with Crippen molar-refractivity contribution < 1.29 is 4.79 Å². The number of amides is 1. The molecule has 2 heterocycles. The summed E-state index contributed by atoms with van der Waals surface area (Å²) in [6, 6.07) is 3.92. The Morgan fingerprint density at radius 2 is 2.42 bits per heavy atom. The molecule has 2 aliphatic rings. The van der Waals surface area contributed by atoms with Crippen LogP contribution in [-0.4, -0.2) is 23.5 Å². The van der Waals surface area contributed by atoms with Crippen LogP contribution in [0, 0.1) is 11.8 Å². The van der Waals surface area contributed by atoms with Gasteiger partial charge in [-0.3, -0.25) is 9.78 Å². The molecule has 0 bridgehead atoms. The molecule has 4 atom stereocenters. The summed E-state index contributed by atoms with van der Waals surface area (Å²) < 4.78 is 0. The Labute approximate surface area is 114 Å². The monoisotopic (exact) mass is 259 g/mol.